The van der Waals surface area contributed by atoms with Gasteiger partial charge in [-0.25, -0.2) is 4.79 Å². The van der Waals surface area contributed by atoms with Crippen molar-refractivity contribution in [1.29, 1.82) is 0 Å². The maximum atomic E-state index is 12.3. The number of carbonyl (C=O) groups is 2. The van der Waals surface area contributed by atoms with Crippen molar-refractivity contribution < 1.29 is 14.7 Å². The van der Waals surface area contributed by atoms with Crippen LogP contribution in [0.15, 0.2) is 0 Å². The zero-order valence-corrected chi connectivity index (χ0v) is 11.2. The lowest BCUT2D eigenvalue weighted by Gasteiger charge is -2.28. The molecule has 1 saturated heterocycles. The van der Waals surface area contributed by atoms with Crippen LogP contribution in [-0.4, -0.2) is 52.6 Å². The first-order valence-electron chi connectivity index (χ1n) is 6.83. The van der Waals surface area contributed by atoms with Crippen LogP contribution in [0.5, 0.6) is 0 Å². The van der Waals surface area contributed by atoms with Crippen LogP contribution in [0.25, 0.3) is 0 Å². The molecule has 1 aliphatic carbocycles. The molecule has 0 aromatic heterocycles. The van der Waals surface area contributed by atoms with Crippen molar-refractivity contribution in [3.63, 3.8) is 0 Å². The van der Waals surface area contributed by atoms with Gasteiger partial charge in [0.2, 0.25) is 0 Å². The molecule has 102 valence electrons. The van der Waals surface area contributed by atoms with Gasteiger partial charge in [-0.05, 0) is 32.6 Å². The van der Waals surface area contributed by atoms with Gasteiger partial charge in [0.15, 0.2) is 0 Å². The highest BCUT2D eigenvalue weighted by Gasteiger charge is 2.46. The Kier molecular flexibility index (Phi) is 3.50. The van der Waals surface area contributed by atoms with Gasteiger partial charge >= 0.3 is 12.0 Å². The predicted octanol–water partition coefficient (Wildman–Crippen LogP) is 1.78. The number of urea groups is 1. The fraction of sp³-hybridized carbons (Fsp3) is 0.846. The summed E-state index contributed by atoms with van der Waals surface area (Å²) >= 11 is 0. The second kappa shape index (κ2) is 4.78. The zero-order valence-electron chi connectivity index (χ0n) is 11.2. The Morgan fingerprint density at radius 2 is 2.06 bits per heavy atom. The minimum Gasteiger partial charge on any atom is -0.481 e. The summed E-state index contributed by atoms with van der Waals surface area (Å²) in [5.74, 6) is -0.769. The fourth-order valence-corrected chi connectivity index (χ4v) is 2.77. The molecule has 18 heavy (non-hydrogen) atoms. The Bertz CT molecular complexity index is 354. The molecule has 1 unspecified atom stereocenters. The van der Waals surface area contributed by atoms with E-state index in [9.17, 15) is 14.7 Å². The number of hydrogen-bond donors (Lipinski definition) is 1. The molecule has 0 bridgehead atoms. The molecule has 5 nitrogen and oxygen atoms in total. The van der Waals surface area contributed by atoms with Gasteiger partial charge in [0.1, 0.15) is 0 Å². The Morgan fingerprint density at radius 3 is 2.44 bits per heavy atom. The van der Waals surface area contributed by atoms with E-state index in [0.717, 1.165) is 12.8 Å². The van der Waals surface area contributed by atoms with Crippen molar-refractivity contribution >= 4 is 12.0 Å². The summed E-state index contributed by atoms with van der Waals surface area (Å²) in [7, 11) is 0. The first-order chi connectivity index (χ1) is 8.54. The van der Waals surface area contributed by atoms with E-state index in [1.807, 2.05) is 18.7 Å². The second-order valence-corrected chi connectivity index (χ2v) is 5.41. The molecular weight excluding hydrogens is 232 g/mol. The van der Waals surface area contributed by atoms with Crippen LogP contribution in [-0.2, 0) is 4.79 Å². The van der Waals surface area contributed by atoms with Crippen molar-refractivity contribution in [3.8, 4) is 0 Å². The molecular formula is C13H22N2O3. The first kappa shape index (κ1) is 13.2. The Balaban J connectivity index is 2.03. The van der Waals surface area contributed by atoms with E-state index in [1.54, 1.807) is 4.90 Å². The highest BCUT2D eigenvalue weighted by Crippen LogP contribution is 2.36. The number of likely N-dealkylation sites (tertiary alicyclic amines) is 1. The molecule has 1 aliphatic heterocycles. The first-order valence-corrected chi connectivity index (χ1v) is 6.83. The van der Waals surface area contributed by atoms with Gasteiger partial charge < -0.3 is 14.9 Å². The molecule has 2 fully saturated rings. The van der Waals surface area contributed by atoms with Crippen molar-refractivity contribution in [2.45, 2.75) is 45.6 Å². The number of aliphatic carboxylic acids is 1. The zero-order chi connectivity index (χ0) is 13.3. The average Bonchev–Trinajstić information content (AvgIpc) is 3.08. The normalized spacial score (nSPS) is 27.3. The molecule has 0 aromatic carbocycles. The lowest BCUT2D eigenvalue weighted by Crippen LogP contribution is -2.45. The number of rotatable bonds is 4. The van der Waals surface area contributed by atoms with Crippen LogP contribution in [0.1, 0.15) is 39.5 Å². The standard InChI is InChI=1S/C13H22N2O3/c1-3-13(11(16)17)7-8-14(9-13)12(18)15(4-2)10-5-6-10/h10H,3-9H2,1-2H3,(H,16,17). The molecule has 0 spiro atoms. The lowest BCUT2D eigenvalue weighted by atomic mass is 9.84. The summed E-state index contributed by atoms with van der Waals surface area (Å²) in [6.07, 6.45) is 3.34. The predicted molar refractivity (Wildman–Crippen MR) is 67.3 cm³/mol. The molecule has 1 heterocycles. The van der Waals surface area contributed by atoms with Crippen LogP contribution in [0.2, 0.25) is 0 Å². The van der Waals surface area contributed by atoms with Crippen molar-refractivity contribution in [3.05, 3.63) is 0 Å². The molecule has 0 aromatic rings. The highest BCUT2D eigenvalue weighted by molar-refractivity contribution is 5.80. The van der Waals surface area contributed by atoms with Gasteiger partial charge in [0.05, 0.1) is 5.41 Å². The molecule has 2 amide bonds. The number of amides is 2. The number of carboxylic acids is 1. The third-order valence-electron chi connectivity index (χ3n) is 4.33. The van der Waals surface area contributed by atoms with Gasteiger partial charge in [-0.2, -0.15) is 0 Å². The van der Waals surface area contributed by atoms with E-state index in [-0.39, 0.29) is 6.03 Å². The summed E-state index contributed by atoms with van der Waals surface area (Å²) in [5, 5.41) is 9.33. The molecule has 2 aliphatic rings. The van der Waals surface area contributed by atoms with Crippen molar-refractivity contribution in [2.75, 3.05) is 19.6 Å². The van der Waals surface area contributed by atoms with Crippen LogP contribution in [0.3, 0.4) is 0 Å². The number of nitrogens with zero attached hydrogens (tertiary/aromatic N) is 2. The largest absolute Gasteiger partial charge is 0.481 e. The molecule has 2 rings (SSSR count). The monoisotopic (exact) mass is 254 g/mol. The summed E-state index contributed by atoms with van der Waals surface area (Å²) in [5.41, 5.74) is -0.724. The van der Waals surface area contributed by atoms with Crippen LogP contribution in [0, 0.1) is 5.41 Å². The van der Waals surface area contributed by atoms with Gasteiger partial charge in [-0.3, -0.25) is 4.79 Å². The highest BCUT2D eigenvalue weighted by atomic mass is 16.4. The molecule has 1 saturated carbocycles. The smallest absolute Gasteiger partial charge is 0.320 e. The minimum atomic E-state index is -0.769. The van der Waals surface area contributed by atoms with Gasteiger partial charge in [0, 0.05) is 25.7 Å². The Labute approximate surface area is 108 Å². The Hall–Kier alpha value is -1.26. The maximum absolute atomic E-state index is 12.3. The van der Waals surface area contributed by atoms with Gasteiger partial charge in [-0.15, -0.1) is 0 Å². The summed E-state index contributed by atoms with van der Waals surface area (Å²) < 4.78 is 0. The average molecular weight is 254 g/mol. The van der Waals surface area contributed by atoms with E-state index in [1.165, 1.54) is 0 Å². The molecule has 0 radical (unpaired) electrons. The topological polar surface area (TPSA) is 60.9 Å². The van der Waals surface area contributed by atoms with E-state index in [0.29, 0.717) is 38.5 Å². The van der Waals surface area contributed by atoms with Crippen LogP contribution < -0.4 is 0 Å². The summed E-state index contributed by atoms with van der Waals surface area (Å²) in [6.45, 7) is 5.52. The third kappa shape index (κ3) is 2.18. The number of carboxylic acid groups (broad SMARTS) is 1. The summed E-state index contributed by atoms with van der Waals surface area (Å²) in [4.78, 5) is 27.3. The minimum absolute atomic E-state index is 0.0246. The van der Waals surface area contributed by atoms with Crippen LogP contribution >= 0.6 is 0 Å². The number of carbonyl (C=O) groups excluding carboxylic acids is 1. The third-order valence-corrected chi connectivity index (χ3v) is 4.33. The van der Waals surface area contributed by atoms with E-state index < -0.39 is 11.4 Å². The van der Waals surface area contributed by atoms with Crippen molar-refractivity contribution in [1.82, 2.24) is 9.80 Å². The second-order valence-electron chi connectivity index (χ2n) is 5.41. The summed E-state index contributed by atoms with van der Waals surface area (Å²) in [6, 6.07) is 0.417. The lowest BCUT2D eigenvalue weighted by molar-refractivity contribution is -0.148. The van der Waals surface area contributed by atoms with Crippen LogP contribution in [0.4, 0.5) is 4.79 Å². The number of hydrogen-bond acceptors (Lipinski definition) is 2. The quantitative estimate of drug-likeness (QED) is 0.831. The van der Waals surface area contributed by atoms with Crippen molar-refractivity contribution in [2.24, 2.45) is 5.41 Å². The molecule has 1 atom stereocenters. The van der Waals surface area contributed by atoms with E-state index in [2.05, 4.69) is 0 Å². The molecule has 1 N–H and O–H groups in total. The van der Waals surface area contributed by atoms with E-state index in [4.69, 9.17) is 0 Å². The fourth-order valence-electron chi connectivity index (χ4n) is 2.77. The van der Waals surface area contributed by atoms with Gasteiger partial charge in [0.25, 0.3) is 0 Å². The molecule has 5 heteroatoms. The Morgan fingerprint density at radius 1 is 1.39 bits per heavy atom. The maximum Gasteiger partial charge on any atom is 0.320 e. The van der Waals surface area contributed by atoms with Gasteiger partial charge in [-0.1, -0.05) is 6.92 Å². The van der Waals surface area contributed by atoms with E-state index >= 15 is 0 Å². The SMILES string of the molecule is CCN(C(=O)N1CCC(CC)(C(=O)O)C1)C1CC1.